The Labute approximate surface area is 99.0 Å². The van der Waals surface area contributed by atoms with E-state index in [4.69, 9.17) is 5.73 Å². The number of aromatic hydroxyl groups is 1. The standard InChI is InChI=1S/C10H8F3N3O2/c11-10(12,13)5-1-2-7(17)6(3-5)9-15-8(4-14)18-16-9/h1-3,17H,4,14H2. The van der Waals surface area contributed by atoms with Gasteiger partial charge in [0, 0.05) is 0 Å². The molecule has 0 saturated carbocycles. The van der Waals surface area contributed by atoms with Gasteiger partial charge in [-0.1, -0.05) is 5.16 Å². The topological polar surface area (TPSA) is 85.2 Å². The summed E-state index contributed by atoms with van der Waals surface area (Å²) < 4.78 is 42.2. The van der Waals surface area contributed by atoms with E-state index >= 15 is 0 Å². The first-order valence-corrected chi connectivity index (χ1v) is 4.85. The van der Waals surface area contributed by atoms with Crippen molar-refractivity contribution in [3.8, 4) is 17.1 Å². The highest BCUT2D eigenvalue weighted by Gasteiger charge is 2.31. The van der Waals surface area contributed by atoms with Crippen LogP contribution in [-0.2, 0) is 12.7 Å². The van der Waals surface area contributed by atoms with Gasteiger partial charge < -0.3 is 15.4 Å². The zero-order valence-electron chi connectivity index (χ0n) is 8.90. The first-order valence-electron chi connectivity index (χ1n) is 4.85. The fourth-order valence-corrected chi connectivity index (χ4v) is 1.34. The number of hydrogen-bond acceptors (Lipinski definition) is 5. The van der Waals surface area contributed by atoms with Gasteiger partial charge >= 0.3 is 6.18 Å². The largest absolute Gasteiger partial charge is 0.507 e. The van der Waals surface area contributed by atoms with Crippen LogP contribution in [0.5, 0.6) is 5.75 Å². The molecule has 0 saturated heterocycles. The molecule has 2 rings (SSSR count). The smallest absolute Gasteiger partial charge is 0.416 e. The Kier molecular flexibility index (Phi) is 2.95. The van der Waals surface area contributed by atoms with E-state index in [1.54, 1.807) is 0 Å². The van der Waals surface area contributed by atoms with Crippen LogP contribution < -0.4 is 5.73 Å². The summed E-state index contributed by atoms with van der Waals surface area (Å²) in [5.74, 6) is -0.437. The SMILES string of the molecule is NCc1nc(-c2cc(C(F)(F)F)ccc2O)no1. The normalized spacial score (nSPS) is 11.8. The van der Waals surface area contributed by atoms with Crippen molar-refractivity contribution in [2.45, 2.75) is 12.7 Å². The summed E-state index contributed by atoms with van der Waals surface area (Å²) in [4.78, 5) is 3.75. The average molecular weight is 259 g/mol. The second kappa shape index (κ2) is 4.30. The van der Waals surface area contributed by atoms with Crippen LogP contribution in [-0.4, -0.2) is 15.2 Å². The molecule has 0 aliphatic heterocycles. The number of hydrogen-bond donors (Lipinski definition) is 2. The van der Waals surface area contributed by atoms with Crippen molar-refractivity contribution >= 4 is 0 Å². The quantitative estimate of drug-likeness (QED) is 0.860. The number of benzene rings is 1. The van der Waals surface area contributed by atoms with E-state index in [1.807, 2.05) is 0 Å². The van der Waals surface area contributed by atoms with Gasteiger partial charge in [-0.2, -0.15) is 18.2 Å². The van der Waals surface area contributed by atoms with Crippen LogP contribution in [0.2, 0.25) is 0 Å². The second-order valence-corrected chi connectivity index (χ2v) is 3.45. The Morgan fingerprint density at radius 3 is 2.61 bits per heavy atom. The molecule has 0 fully saturated rings. The maximum Gasteiger partial charge on any atom is 0.416 e. The molecule has 1 heterocycles. The van der Waals surface area contributed by atoms with E-state index in [0.29, 0.717) is 0 Å². The summed E-state index contributed by atoms with van der Waals surface area (Å²) >= 11 is 0. The van der Waals surface area contributed by atoms with Gasteiger partial charge in [0.25, 0.3) is 0 Å². The first-order chi connectivity index (χ1) is 8.41. The number of alkyl halides is 3. The summed E-state index contributed by atoms with van der Waals surface area (Å²) in [5.41, 5.74) is 4.17. The van der Waals surface area contributed by atoms with Crippen molar-refractivity contribution in [2.75, 3.05) is 0 Å². The highest BCUT2D eigenvalue weighted by Crippen LogP contribution is 2.35. The van der Waals surface area contributed by atoms with Gasteiger partial charge in [-0.3, -0.25) is 0 Å². The molecule has 2 aromatic rings. The van der Waals surface area contributed by atoms with Crippen molar-refractivity contribution in [1.82, 2.24) is 10.1 Å². The molecule has 0 spiro atoms. The van der Waals surface area contributed by atoms with Crippen molar-refractivity contribution in [2.24, 2.45) is 5.73 Å². The Hall–Kier alpha value is -2.09. The molecule has 3 N–H and O–H groups in total. The number of nitrogens with zero attached hydrogens (tertiary/aromatic N) is 2. The second-order valence-electron chi connectivity index (χ2n) is 3.45. The van der Waals surface area contributed by atoms with Gasteiger partial charge in [0.2, 0.25) is 11.7 Å². The van der Waals surface area contributed by atoms with Crippen molar-refractivity contribution < 1.29 is 22.8 Å². The zero-order chi connectivity index (χ0) is 13.3. The molecule has 5 nitrogen and oxygen atoms in total. The maximum absolute atomic E-state index is 12.5. The van der Waals surface area contributed by atoms with Gasteiger partial charge in [0.15, 0.2) is 0 Å². The lowest BCUT2D eigenvalue weighted by Gasteiger charge is -2.08. The van der Waals surface area contributed by atoms with E-state index in [1.165, 1.54) is 0 Å². The van der Waals surface area contributed by atoms with Gasteiger partial charge in [0.05, 0.1) is 17.7 Å². The molecule has 0 aliphatic rings. The number of nitrogens with two attached hydrogens (primary N) is 1. The molecule has 96 valence electrons. The van der Waals surface area contributed by atoms with Gasteiger partial charge in [-0.05, 0) is 18.2 Å². The lowest BCUT2D eigenvalue weighted by molar-refractivity contribution is -0.137. The lowest BCUT2D eigenvalue weighted by atomic mass is 10.1. The highest BCUT2D eigenvalue weighted by atomic mass is 19.4. The third kappa shape index (κ3) is 2.28. The molecule has 0 atom stereocenters. The van der Waals surface area contributed by atoms with Crippen LogP contribution in [0, 0.1) is 0 Å². The van der Waals surface area contributed by atoms with Gasteiger partial charge in [-0.25, -0.2) is 0 Å². The predicted octanol–water partition coefficient (Wildman–Crippen LogP) is 1.92. The zero-order valence-corrected chi connectivity index (χ0v) is 8.90. The fraction of sp³-hybridized carbons (Fsp3) is 0.200. The molecule has 0 unspecified atom stereocenters. The van der Waals surface area contributed by atoms with E-state index in [-0.39, 0.29) is 29.6 Å². The minimum atomic E-state index is -4.51. The van der Waals surface area contributed by atoms with E-state index < -0.39 is 11.7 Å². The van der Waals surface area contributed by atoms with E-state index in [2.05, 4.69) is 14.7 Å². The summed E-state index contributed by atoms with van der Waals surface area (Å²) in [7, 11) is 0. The summed E-state index contributed by atoms with van der Waals surface area (Å²) in [6.07, 6.45) is -4.51. The molecule has 0 amide bonds. The average Bonchev–Trinajstić information content (AvgIpc) is 2.76. The predicted molar refractivity (Wildman–Crippen MR) is 54.3 cm³/mol. The van der Waals surface area contributed by atoms with Crippen molar-refractivity contribution in [3.63, 3.8) is 0 Å². The number of halogens is 3. The third-order valence-electron chi connectivity index (χ3n) is 2.21. The molecule has 0 radical (unpaired) electrons. The number of aromatic nitrogens is 2. The van der Waals surface area contributed by atoms with Crippen LogP contribution in [0.1, 0.15) is 11.5 Å². The number of rotatable bonds is 2. The van der Waals surface area contributed by atoms with E-state index in [0.717, 1.165) is 18.2 Å². The molecular formula is C10H8F3N3O2. The van der Waals surface area contributed by atoms with E-state index in [9.17, 15) is 18.3 Å². The van der Waals surface area contributed by atoms with Gasteiger partial charge in [0.1, 0.15) is 5.75 Å². The minimum Gasteiger partial charge on any atom is -0.507 e. The van der Waals surface area contributed by atoms with Crippen molar-refractivity contribution in [1.29, 1.82) is 0 Å². The molecular weight excluding hydrogens is 251 g/mol. The first kappa shape index (κ1) is 12.4. The Morgan fingerprint density at radius 1 is 1.33 bits per heavy atom. The molecule has 8 heteroatoms. The third-order valence-corrected chi connectivity index (χ3v) is 2.21. The van der Waals surface area contributed by atoms with Gasteiger partial charge in [-0.15, -0.1) is 0 Å². The summed E-state index contributed by atoms with van der Waals surface area (Å²) in [6.45, 7) is -0.0350. The molecule has 0 bridgehead atoms. The molecule has 0 aliphatic carbocycles. The minimum absolute atomic E-state index is 0.0350. The summed E-state index contributed by atoms with van der Waals surface area (Å²) in [6, 6.07) is 2.44. The number of phenolic OH excluding ortho intramolecular Hbond substituents is 1. The fourth-order valence-electron chi connectivity index (χ4n) is 1.34. The van der Waals surface area contributed by atoms with Crippen LogP contribution >= 0.6 is 0 Å². The maximum atomic E-state index is 12.5. The van der Waals surface area contributed by atoms with Crippen LogP contribution in [0.25, 0.3) is 11.4 Å². The number of phenols is 1. The highest BCUT2D eigenvalue weighted by molar-refractivity contribution is 5.64. The Bertz CT molecular complexity index is 566. The van der Waals surface area contributed by atoms with Crippen LogP contribution in [0.15, 0.2) is 22.7 Å². The Morgan fingerprint density at radius 2 is 2.06 bits per heavy atom. The lowest BCUT2D eigenvalue weighted by Crippen LogP contribution is -2.04. The van der Waals surface area contributed by atoms with Crippen molar-refractivity contribution in [3.05, 3.63) is 29.7 Å². The molecule has 1 aromatic heterocycles. The van der Waals surface area contributed by atoms with Crippen LogP contribution in [0.4, 0.5) is 13.2 Å². The monoisotopic (exact) mass is 259 g/mol. The molecule has 1 aromatic carbocycles. The summed E-state index contributed by atoms with van der Waals surface area (Å²) in [5, 5.41) is 13.0. The van der Waals surface area contributed by atoms with Crippen LogP contribution in [0.3, 0.4) is 0 Å². The Balaban J connectivity index is 2.49. The molecule has 18 heavy (non-hydrogen) atoms.